The van der Waals surface area contributed by atoms with Crippen molar-refractivity contribution in [2.75, 3.05) is 6.79 Å². The zero-order valence-electron chi connectivity index (χ0n) is 11.2. The summed E-state index contributed by atoms with van der Waals surface area (Å²) in [4.78, 5) is 11.2. The Bertz CT molecular complexity index is 671. The third-order valence-electron chi connectivity index (χ3n) is 3.75. The van der Waals surface area contributed by atoms with Gasteiger partial charge in [-0.1, -0.05) is 0 Å². The minimum absolute atomic E-state index is 0.267. The minimum atomic E-state index is 0.267. The van der Waals surface area contributed by atoms with E-state index in [2.05, 4.69) is 0 Å². The Labute approximate surface area is 111 Å². The fraction of sp³-hybridized carbons (Fsp3) is 0.267. The lowest BCUT2D eigenvalue weighted by Gasteiger charge is -2.07. The Morgan fingerprint density at radius 3 is 2.63 bits per heavy atom. The van der Waals surface area contributed by atoms with Crippen molar-refractivity contribution >= 4 is 6.29 Å². The SMILES string of the molecule is Cc1c(C=O)c(C)n(C)c1-c1ccc2c(c1)OCO2. The maximum Gasteiger partial charge on any atom is 0.231 e. The maximum atomic E-state index is 11.2. The van der Waals surface area contributed by atoms with Crippen LogP contribution in [-0.2, 0) is 7.05 Å². The van der Waals surface area contributed by atoms with E-state index < -0.39 is 0 Å². The van der Waals surface area contributed by atoms with Crippen LogP contribution in [-0.4, -0.2) is 17.6 Å². The molecule has 0 saturated heterocycles. The van der Waals surface area contributed by atoms with Crippen LogP contribution in [0.2, 0.25) is 0 Å². The van der Waals surface area contributed by atoms with Gasteiger partial charge in [-0.2, -0.15) is 0 Å². The number of carbonyl (C=O) groups excluding carboxylic acids is 1. The largest absolute Gasteiger partial charge is 0.454 e. The first-order valence-electron chi connectivity index (χ1n) is 6.14. The molecule has 2 aromatic rings. The van der Waals surface area contributed by atoms with Crippen LogP contribution < -0.4 is 9.47 Å². The molecule has 1 aromatic heterocycles. The van der Waals surface area contributed by atoms with E-state index in [1.165, 1.54) is 0 Å². The number of hydrogen-bond acceptors (Lipinski definition) is 3. The molecule has 1 aliphatic heterocycles. The topological polar surface area (TPSA) is 40.5 Å². The van der Waals surface area contributed by atoms with Gasteiger partial charge >= 0.3 is 0 Å². The molecule has 2 heterocycles. The standard InChI is InChI=1S/C15H15NO3/c1-9-12(7-17)10(2)16(3)15(9)11-4-5-13-14(6-11)19-8-18-13/h4-7H,8H2,1-3H3. The molecule has 0 aliphatic carbocycles. The van der Waals surface area contributed by atoms with E-state index in [1.807, 2.05) is 43.7 Å². The summed E-state index contributed by atoms with van der Waals surface area (Å²) in [6.45, 7) is 4.19. The first-order valence-corrected chi connectivity index (χ1v) is 6.14. The van der Waals surface area contributed by atoms with Crippen LogP contribution in [0.25, 0.3) is 11.3 Å². The Balaban J connectivity index is 2.20. The smallest absolute Gasteiger partial charge is 0.231 e. The van der Waals surface area contributed by atoms with E-state index in [0.29, 0.717) is 0 Å². The Hall–Kier alpha value is -2.23. The lowest BCUT2D eigenvalue weighted by molar-refractivity contribution is 0.112. The zero-order chi connectivity index (χ0) is 13.6. The summed E-state index contributed by atoms with van der Waals surface area (Å²) in [6, 6.07) is 5.85. The van der Waals surface area contributed by atoms with E-state index in [-0.39, 0.29) is 6.79 Å². The van der Waals surface area contributed by atoms with Crippen molar-refractivity contribution in [2.45, 2.75) is 13.8 Å². The van der Waals surface area contributed by atoms with Crippen LogP contribution in [0.3, 0.4) is 0 Å². The second-order valence-corrected chi connectivity index (χ2v) is 4.72. The summed E-state index contributed by atoms with van der Waals surface area (Å²) in [5.41, 5.74) is 4.79. The molecule has 0 spiro atoms. The summed E-state index contributed by atoms with van der Waals surface area (Å²) in [5.74, 6) is 1.52. The first-order chi connectivity index (χ1) is 9.13. The Kier molecular flexibility index (Phi) is 2.59. The summed E-state index contributed by atoms with van der Waals surface area (Å²) >= 11 is 0. The van der Waals surface area contributed by atoms with Gasteiger partial charge in [0.15, 0.2) is 17.8 Å². The molecule has 1 aromatic carbocycles. The lowest BCUT2D eigenvalue weighted by atomic mass is 10.1. The molecule has 0 unspecified atom stereocenters. The summed E-state index contributed by atoms with van der Waals surface area (Å²) in [6.07, 6.45) is 0.918. The predicted molar refractivity (Wildman–Crippen MR) is 71.8 cm³/mol. The van der Waals surface area contributed by atoms with Gasteiger partial charge in [-0.25, -0.2) is 0 Å². The number of aldehydes is 1. The fourth-order valence-corrected chi connectivity index (χ4v) is 2.63. The molecule has 3 rings (SSSR count). The number of aromatic nitrogens is 1. The summed E-state index contributed by atoms with van der Waals surface area (Å²) < 4.78 is 12.8. The van der Waals surface area contributed by atoms with Gasteiger partial charge in [0.05, 0.1) is 5.69 Å². The number of nitrogens with zero attached hydrogens (tertiary/aromatic N) is 1. The molecule has 0 fully saturated rings. The Morgan fingerprint density at radius 1 is 1.21 bits per heavy atom. The van der Waals surface area contributed by atoms with Crippen LogP contribution in [0, 0.1) is 13.8 Å². The molecule has 0 N–H and O–H groups in total. The van der Waals surface area contributed by atoms with Crippen molar-refractivity contribution in [1.29, 1.82) is 0 Å². The quantitative estimate of drug-likeness (QED) is 0.777. The molecule has 4 nitrogen and oxygen atoms in total. The molecule has 98 valence electrons. The third-order valence-corrected chi connectivity index (χ3v) is 3.75. The average molecular weight is 257 g/mol. The maximum absolute atomic E-state index is 11.2. The molecule has 19 heavy (non-hydrogen) atoms. The molecule has 1 aliphatic rings. The van der Waals surface area contributed by atoms with Gasteiger partial charge in [0.1, 0.15) is 0 Å². The molecular formula is C15H15NO3. The van der Waals surface area contributed by atoms with Gasteiger partial charge in [0.2, 0.25) is 6.79 Å². The molecular weight excluding hydrogens is 242 g/mol. The number of fused-ring (bicyclic) bond motifs is 1. The second kappa shape index (κ2) is 4.16. The normalized spacial score (nSPS) is 12.8. The van der Waals surface area contributed by atoms with Crippen molar-refractivity contribution in [2.24, 2.45) is 7.05 Å². The fourth-order valence-electron chi connectivity index (χ4n) is 2.63. The molecule has 0 saturated carbocycles. The van der Waals surface area contributed by atoms with E-state index in [1.54, 1.807) is 0 Å². The monoisotopic (exact) mass is 257 g/mol. The molecule has 0 atom stereocenters. The number of carbonyl (C=O) groups is 1. The van der Waals surface area contributed by atoms with E-state index in [4.69, 9.17) is 9.47 Å². The van der Waals surface area contributed by atoms with Crippen molar-refractivity contribution in [3.05, 3.63) is 35.0 Å². The summed E-state index contributed by atoms with van der Waals surface area (Å²) in [5, 5.41) is 0. The number of benzene rings is 1. The second-order valence-electron chi connectivity index (χ2n) is 4.72. The highest BCUT2D eigenvalue weighted by molar-refractivity contribution is 5.85. The summed E-state index contributed by atoms with van der Waals surface area (Å²) in [7, 11) is 1.97. The van der Waals surface area contributed by atoms with Crippen LogP contribution in [0.4, 0.5) is 0 Å². The van der Waals surface area contributed by atoms with Gasteiger partial charge < -0.3 is 14.0 Å². The molecule has 0 radical (unpaired) electrons. The lowest BCUT2D eigenvalue weighted by Crippen LogP contribution is -1.95. The highest BCUT2D eigenvalue weighted by atomic mass is 16.7. The predicted octanol–water partition coefficient (Wildman–Crippen LogP) is 2.85. The third kappa shape index (κ3) is 1.63. The van der Waals surface area contributed by atoms with Gasteiger partial charge in [0, 0.05) is 23.9 Å². The number of hydrogen-bond donors (Lipinski definition) is 0. The van der Waals surface area contributed by atoms with E-state index in [9.17, 15) is 4.79 Å². The van der Waals surface area contributed by atoms with Crippen LogP contribution >= 0.6 is 0 Å². The Morgan fingerprint density at radius 2 is 1.95 bits per heavy atom. The number of ether oxygens (including phenoxy) is 2. The van der Waals surface area contributed by atoms with E-state index >= 15 is 0 Å². The zero-order valence-corrected chi connectivity index (χ0v) is 11.2. The average Bonchev–Trinajstić information content (AvgIpc) is 2.94. The highest BCUT2D eigenvalue weighted by Crippen LogP contribution is 2.38. The van der Waals surface area contributed by atoms with Crippen molar-refractivity contribution < 1.29 is 14.3 Å². The molecule has 0 bridgehead atoms. The van der Waals surface area contributed by atoms with Gasteiger partial charge in [-0.15, -0.1) is 0 Å². The van der Waals surface area contributed by atoms with Gasteiger partial charge in [0.25, 0.3) is 0 Å². The first kappa shape index (κ1) is 11.8. The van der Waals surface area contributed by atoms with Crippen LogP contribution in [0.5, 0.6) is 11.5 Å². The van der Waals surface area contributed by atoms with Gasteiger partial charge in [-0.05, 0) is 37.6 Å². The molecule has 4 heteroatoms. The molecule has 0 amide bonds. The number of rotatable bonds is 2. The minimum Gasteiger partial charge on any atom is -0.454 e. The van der Waals surface area contributed by atoms with Crippen LogP contribution in [0.1, 0.15) is 21.6 Å². The highest BCUT2D eigenvalue weighted by Gasteiger charge is 2.19. The van der Waals surface area contributed by atoms with E-state index in [0.717, 1.165) is 45.9 Å². The van der Waals surface area contributed by atoms with Crippen molar-refractivity contribution in [3.8, 4) is 22.8 Å². The van der Waals surface area contributed by atoms with Gasteiger partial charge in [-0.3, -0.25) is 4.79 Å². The van der Waals surface area contributed by atoms with Crippen LogP contribution in [0.15, 0.2) is 18.2 Å². The van der Waals surface area contributed by atoms with Crippen molar-refractivity contribution in [1.82, 2.24) is 4.57 Å². The van der Waals surface area contributed by atoms with Crippen molar-refractivity contribution in [3.63, 3.8) is 0 Å².